The zero-order chi connectivity index (χ0) is 19.4. The molecular weight excluding hydrogens is 342 g/mol. The second kappa shape index (κ2) is 8.08. The normalized spacial score (nSPS) is 16.9. The number of hydrogen-bond donors (Lipinski definition) is 0. The third kappa shape index (κ3) is 4.19. The Kier molecular flexibility index (Phi) is 5.60. The Morgan fingerprint density at radius 2 is 1.96 bits per heavy atom. The number of hydrogen-bond acceptors (Lipinski definition) is 4. The van der Waals surface area contributed by atoms with Gasteiger partial charge in [0.15, 0.2) is 6.10 Å². The quantitative estimate of drug-likeness (QED) is 0.600. The van der Waals surface area contributed by atoms with Gasteiger partial charge < -0.3 is 14.4 Å². The van der Waals surface area contributed by atoms with Gasteiger partial charge in [-0.25, -0.2) is 4.79 Å². The molecule has 0 radical (unpaired) electrons. The number of ether oxygens (including phenoxy) is 2. The Hall–Kier alpha value is -3.08. The Morgan fingerprint density at radius 1 is 1.19 bits per heavy atom. The van der Waals surface area contributed by atoms with E-state index in [1.54, 1.807) is 31.1 Å². The molecule has 0 aliphatic carbocycles. The van der Waals surface area contributed by atoms with Crippen LogP contribution in [0.2, 0.25) is 0 Å². The summed E-state index contributed by atoms with van der Waals surface area (Å²) in [4.78, 5) is 26.7. The number of nitrogens with zero attached hydrogens (tertiary/aromatic N) is 1. The number of carbonyl (C=O) groups excluding carboxylic acids is 2. The van der Waals surface area contributed by atoms with Crippen molar-refractivity contribution >= 4 is 23.6 Å². The SMILES string of the molecule is COc1cccc(/C=C/C(=O)O[C@@H](C)C(=O)N2c3ccccc3C[C@H]2C)c1. The highest BCUT2D eigenvalue weighted by atomic mass is 16.5. The van der Waals surface area contributed by atoms with Crippen molar-refractivity contribution in [2.24, 2.45) is 0 Å². The Balaban J connectivity index is 1.64. The second-order valence-electron chi connectivity index (χ2n) is 6.58. The number of methoxy groups -OCH3 is 1. The minimum atomic E-state index is -0.860. The minimum Gasteiger partial charge on any atom is -0.497 e. The predicted molar refractivity (Wildman–Crippen MR) is 105 cm³/mol. The van der Waals surface area contributed by atoms with Crippen molar-refractivity contribution in [3.63, 3.8) is 0 Å². The molecule has 1 aliphatic heterocycles. The molecule has 3 rings (SSSR count). The largest absolute Gasteiger partial charge is 0.497 e. The zero-order valence-electron chi connectivity index (χ0n) is 15.7. The lowest BCUT2D eigenvalue weighted by molar-refractivity contribution is -0.149. The monoisotopic (exact) mass is 365 g/mol. The summed E-state index contributed by atoms with van der Waals surface area (Å²) in [7, 11) is 1.59. The topological polar surface area (TPSA) is 55.8 Å². The number of para-hydroxylation sites is 1. The smallest absolute Gasteiger partial charge is 0.331 e. The molecule has 1 amide bonds. The first kappa shape index (κ1) is 18.7. The average molecular weight is 365 g/mol. The average Bonchev–Trinajstić information content (AvgIpc) is 3.01. The first-order chi connectivity index (χ1) is 13.0. The molecule has 0 N–H and O–H groups in total. The number of rotatable bonds is 5. The van der Waals surface area contributed by atoms with Crippen molar-refractivity contribution in [1.29, 1.82) is 0 Å². The maximum atomic E-state index is 12.8. The molecule has 0 bridgehead atoms. The molecule has 0 saturated carbocycles. The Bertz CT molecular complexity index is 874. The van der Waals surface area contributed by atoms with Crippen LogP contribution in [0.4, 0.5) is 5.69 Å². The van der Waals surface area contributed by atoms with Crippen LogP contribution in [0.3, 0.4) is 0 Å². The highest BCUT2D eigenvalue weighted by molar-refractivity contribution is 6.00. The van der Waals surface area contributed by atoms with E-state index in [0.29, 0.717) is 5.75 Å². The fraction of sp³-hybridized carbons (Fsp3) is 0.273. The molecule has 0 unspecified atom stereocenters. The molecule has 27 heavy (non-hydrogen) atoms. The highest BCUT2D eigenvalue weighted by Gasteiger charge is 2.34. The van der Waals surface area contributed by atoms with Gasteiger partial charge in [-0.05, 0) is 55.7 Å². The number of anilines is 1. The summed E-state index contributed by atoms with van der Waals surface area (Å²) < 4.78 is 10.5. The molecule has 0 fully saturated rings. The van der Waals surface area contributed by atoms with Gasteiger partial charge in [-0.15, -0.1) is 0 Å². The van der Waals surface area contributed by atoms with Crippen LogP contribution in [0.15, 0.2) is 54.6 Å². The standard InChI is InChI=1S/C22H23NO4/c1-15-13-18-8-4-5-10-20(18)23(15)22(25)16(2)27-21(24)12-11-17-7-6-9-19(14-17)26-3/h4-12,14-16H,13H2,1-3H3/b12-11+/t15-,16+/m1/s1. The van der Waals surface area contributed by atoms with Crippen LogP contribution < -0.4 is 9.64 Å². The minimum absolute atomic E-state index is 0.0448. The predicted octanol–water partition coefficient (Wildman–Crippen LogP) is 3.62. The van der Waals surface area contributed by atoms with Crippen LogP contribution in [0.1, 0.15) is 25.0 Å². The Morgan fingerprint density at radius 3 is 2.74 bits per heavy atom. The van der Waals surface area contributed by atoms with E-state index in [4.69, 9.17) is 9.47 Å². The van der Waals surface area contributed by atoms with Crippen LogP contribution in [0.25, 0.3) is 6.08 Å². The lowest BCUT2D eigenvalue weighted by Gasteiger charge is -2.25. The van der Waals surface area contributed by atoms with Gasteiger partial charge in [0.1, 0.15) is 5.75 Å². The summed E-state index contributed by atoms with van der Waals surface area (Å²) in [6, 6.07) is 15.2. The van der Waals surface area contributed by atoms with Crippen molar-refractivity contribution in [3.05, 3.63) is 65.7 Å². The maximum absolute atomic E-state index is 12.8. The van der Waals surface area contributed by atoms with Crippen LogP contribution in [0, 0.1) is 0 Å². The summed E-state index contributed by atoms with van der Waals surface area (Å²) in [5.74, 6) is -0.0647. The summed E-state index contributed by atoms with van der Waals surface area (Å²) in [5.41, 5.74) is 2.84. The molecule has 0 spiro atoms. The van der Waals surface area contributed by atoms with E-state index in [1.807, 2.05) is 49.4 Å². The van der Waals surface area contributed by atoms with Gasteiger partial charge in [-0.1, -0.05) is 30.3 Å². The molecule has 140 valence electrons. The molecule has 1 aliphatic rings. The van der Waals surface area contributed by atoms with Crippen LogP contribution >= 0.6 is 0 Å². The van der Waals surface area contributed by atoms with E-state index in [-0.39, 0.29) is 11.9 Å². The van der Waals surface area contributed by atoms with Crippen molar-refractivity contribution in [1.82, 2.24) is 0 Å². The number of amides is 1. The fourth-order valence-corrected chi connectivity index (χ4v) is 3.27. The molecule has 0 aromatic heterocycles. The summed E-state index contributed by atoms with van der Waals surface area (Å²) in [6.07, 6.45) is 2.90. The van der Waals surface area contributed by atoms with E-state index < -0.39 is 12.1 Å². The number of fused-ring (bicyclic) bond motifs is 1. The van der Waals surface area contributed by atoms with Gasteiger partial charge in [0.25, 0.3) is 5.91 Å². The van der Waals surface area contributed by atoms with Crippen molar-refractivity contribution < 1.29 is 19.1 Å². The molecule has 5 nitrogen and oxygen atoms in total. The highest BCUT2D eigenvalue weighted by Crippen LogP contribution is 2.32. The third-order valence-electron chi connectivity index (χ3n) is 4.59. The van der Waals surface area contributed by atoms with E-state index in [1.165, 1.54) is 6.08 Å². The van der Waals surface area contributed by atoms with Gasteiger partial charge in [0, 0.05) is 17.8 Å². The van der Waals surface area contributed by atoms with Gasteiger partial charge in [0.2, 0.25) is 0 Å². The van der Waals surface area contributed by atoms with Gasteiger partial charge in [-0.3, -0.25) is 4.79 Å². The van der Waals surface area contributed by atoms with Gasteiger partial charge >= 0.3 is 5.97 Å². The van der Waals surface area contributed by atoms with Crippen LogP contribution in [-0.4, -0.2) is 31.1 Å². The molecule has 1 heterocycles. The fourth-order valence-electron chi connectivity index (χ4n) is 3.27. The van der Waals surface area contributed by atoms with E-state index in [2.05, 4.69) is 0 Å². The lowest BCUT2D eigenvalue weighted by Crippen LogP contribution is -2.43. The maximum Gasteiger partial charge on any atom is 0.331 e. The molecule has 5 heteroatoms. The number of benzene rings is 2. The lowest BCUT2D eigenvalue weighted by atomic mass is 10.1. The summed E-state index contributed by atoms with van der Waals surface area (Å²) in [5, 5.41) is 0. The number of esters is 1. The van der Waals surface area contributed by atoms with E-state index in [9.17, 15) is 9.59 Å². The van der Waals surface area contributed by atoms with Crippen molar-refractivity contribution in [2.75, 3.05) is 12.0 Å². The van der Waals surface area contributed by atoms with E-state index >= 15 is 0 Å². The number of carbonyl (C=O) groups is 2. The Labute approximate surface area is 159 Å². The molecule has 0 saturated heterocycles. The van der Waals surface area contributed by atoms with Gasteiger partial charge in [0.05, 0.1) is 7.11 Å². The molecule has 2 aromatic rings. The summed E-state index contributed by atoms with van der Waals surface area (Å²) in [6.45, 7) is 3.60. The third-order valence-corrected chi connectivity index (χ3v) is 4.59. The first-order valence-electron chi connectivity index (χ1n) is 8.93. The van der Waals surface area contributed by atoms with Crippen LogP contribution in [-0.2, 0) is 20.7 Å². The van der Waals surface area contributed by atoms with Gasteiger partial charge in [-0.2, -0.15) is 0 Å². The van der Waals surface area contributed by atoms with E-state index in [0.717, 1.165) is 23.2 Å². The van der Waals surface area contributed by atoms with Crippen LogP contribution in [0.5, 0.6) is 5.75 Å². The molecule has 2 atom stereocenters. The first-order valence-corrected chi connectivity index (χ1v) is 8.93. The second-order valence-corrected chi connectivity index (χ2v) is 6.58. The van der Waals surface area contributed by atoms with Crippen molar-refractivity contribution in [2.45, 2.75) is 32.4 Å². The van der Waals surface area contributed by atoms with Crippen molar-refractivity contribution in [3.8, 4) is 5.75 Å². The summed E-state index contributed by atoms with van der Waals surface area (Å²) >= 11 is 0. The zero-order valence-corrected chi connectivity index (χ0v) is 15.7. The molecule has 2 aromatic carbocycles. The molecular formula is C22H23NO4.